The number of carbonyl (C=O) groups excluding carboxylic acids is 1. The van der Waals surface area contributed by atoms with Gasteiger partial charge in [-0.2, -0.15) is 31.4 Å². The predicted octanol–water partition coefficient (Wildman–Crippen LogP) is 1.94. The molecule has 180 valence electrons. The molecule has 1 aromatic heterocycles. The van der Waals surface area contributed by atoms with Crippen LogP contribution in [0.4, 0.5) is 26.3 Å². The Hall–Kier alpha value is -2.84. The Morgan fingerprint density at radius 1 is 1.06 bits per heavy atom. The van der Waals surface area contributed by atoms with Gasteiger partial charge >= 0.3 is 24.3 Å². The van der Waals surface area contributed by atoms with Gasteiger partial charge in [0.05, 0.1) is 12.2 Å². The van der Waals surface area contributed by atoms with Gasteiger partial charge < -0.3 is 20.8 Å². The molecule has 1 atom stereocenters. The van der Waals surface area contributed by atoms with E-state index < -0.39 is 24.3 Å². The van der Waals surface area contributed by atoms with E-state index in [1.807, 2.05) is 20.3 Å². The number of nitrogens with one attached hydrogen (secondary N) is 2. The van der Waals surface area contributed by atoms with Crippen LogP contribution in [-0.4, -0.2) is 63.3 Å². The maximum Gasteiger partial charge on any atom is 0.490 e. The second-order valence-corrected chi connectivity index (χ2v) is 6.32. The highest BCUT2D eigenvalue weighted by molar-refractivity contribution is 5.81. The normalized spacial score (nSPS) is 12.1. The van der Waals surface area contributed by atoms with Crippen LogP contribution in [0.15, 0.2) is 12.4 Å². The number of aromatic nitrogens is 2. The molecule has 1 rings (SSSR count). The molecule has 0 saturated heterocycles. The lowest BCUT2D eigenvalue weighted by Gasteiger charge is -2.17. The summed E-state index contributed by atoms with van der Waals surface area (Å²) >= 11 is 0. The van der Waals surface area contributed by atoms with Crippen molar-refractivity contribution in [1.29, 1.82) is 0 Å². The van der Waals surface area contributed by atoms with Crippen LogP contribution in [-0.2, 0) is 28.0 Å². The van der Waals surface area contributed by atoms with Crippen LogP contribution in [0.3, 0.4) is 0 Å². The third kappa shape index (κ3) is 15.6. The van der Waals surface area contributed by atoms with Crippen LogP contribution < -0.4 is 10.6 Å². The summed E-state index contributed by atoms with van der Waals surface area (Å²) in [6, 6.07) is -0.119. The predicted molar refractivity (Wildman–Crippen MR) is 94.7 cm³/mol. The zero-order chi connectivity index (χ0) is 25.0. The van der Waals surface area contributed by atoms with Crippen molar-refractivity contribution in [2.24, 2.45) is 13.0 Å². The molecular formula is C16H24F6N4O5. The average molecular weight is 466 g/mol. The van der Waals surface area contributed by atoms with Crippen LogP contribution in [0.1, 0.15) is 25.8 Å². The highest BCUT2D eigenvalue weighted by Gasteiger charge is 2.38. The number of halogens is 6. The highest BCUT2D eigenvalue weighted by atomic mass is 19.4. The van der Waals surface area contributed by atoms with Crippen LogP contribution in [0.2, 0.25) is 0 Å². The number of aliphatic carboxylic acids is 2. The molecule has 1 heterocycles. The van der Waals surface area contributed by atoms with E-state index in [2.05, 4.69) is 29.6 Å². The first kappa shape index (κ1) is 30.4. The summed E-state index contributed by atoms with van der Waals surface area (Å²) in [7, 11) is 3.68. The first-order valence-corrected chi connectivity index (χ1v) is 8.44. The van der Waals surface area contributed by atoms with E-state index in [1.54, 1.807) is 10.9 Å². The fourth-order valence-electron chi connectivity index (χ4n) is 1.70. The SMILES string of the molecule is CNC(CC(C)C)C(=O)NCc1cnn(C)c1.O=C(O)C(F)(F)F.O=C(O)C(F)(F)F. The Kier molecular flexibility index (Phi) is 13.2. The standard InChI is InChI=1S/C12H22N4O.2C2HF3O2/c1-9(2)5-11(13-3)12(17)14-6-10-7-15-16(4)8-10;2*3-2(4,5)1(6)7/h7-9,11,13H,5-6H2,1-4H3,(H,14,17);2*(H,6,7). The van der Waals surface area contributed by atoms with Gasteiger partial charge in [-0.15, -0.1) is 0 Å². The number of carboxylic acid groups (broad SMARTS) is 2. The van der Waals surface area contributed by atoms with Crippen molar-refractivity contribution in [3.05, 3.63) is 18.0 Å². The van der Waals surface area contributed by atoms with Crippen molar-refractivity contribution < 1.29 is 50.9 Å². The third-order valence-electron chi connectivity index (χ3n) is 3.08. The van der Waals surface area contributed by atoms with Gasteiger partial charge in [0.2, 0.25) is 5.91 Å². The van der Waals surface area contributed by atoms with E-state index in [1.165, 1.54) is 0 Å². The topological polar surface area (TPSA) is 134 Å². The van der Waals surface area contributed by atoms with E-state index in [-0.39, 0.29) is 11.9 Å². The first-order valence-electron chi connectivity index (χ1n) is 8.44. The number of amides is 1. The molecule has 0 saturated carbocycles. The fourth-order valence-corrected chi connectivity index (χ4v) is 1.70. The molecule has 0 aliphatic rings. The zero-order valence-electron chi connectivity index (χ0n) is 17.0. The summed E-state index contributed by atoms with van der Waals surface area (Å²) in [6.07, 6.45) is -5.66. The van der Waals surface area contributed by atoms with Crippen LogP contribution in [0.5, 0.6) is 0 Å². The van der Waals surface area contributed by atoms with Gasteiger partial charge in [-0.1, -0.05) is 13.8 Å². The van der Waals surface area contributed by atoms with E-state index in [0.717, 1.165) is 12.0 Å². The summed E-state index contributed by atoms with van der Waals surface area (Å²) in [5.74, 6) is -4.97. The van der Waals surface area contributed by atoms with E-state index in [4.69, 9.17) is 19.8 Å². The van der Waals surface area contributed by atoms with Gasteiger partial charge in [-0.25, -0.2) is 9.59 Å². The van der Waals surface area contributed by atoms with Crippen molar-refractivity contribution >= 4 is 17.8 Å². The molecule has 0 spiro atoms. The number of rotatable bonds is 6. The Balaban J connectivity index is 0. The van der Waals surface area contributed by atoms with Gasteiger partial charge in [0.15, 0.2) is 0 Å². The molecule has 15 heteroatoms. The zero-order valence-corrected chi connectivity index (χ0v) is 17.0. The fraction of sp³-hybridized carbons (Fsp3) is 0.625. The van der Waals surface area contributed by atoms with Crippen LogP contribution in [0.25, 0.3) is 0 Å². The quantitative estimate of drug-likeness (QED) is 0.471. The van der Waals surface area contributed by atoms with Crippen LogP contribution >= 0.6 is 0 Å². The van der Waals surface area contributed by atoms with Crippen molar-refractivity contribution in [2.45, 2.75) is 45.2 Å². The van der Waals surface area contributed by atoms with Gasteiger partial charge in [0.25, 0.3) is 0 Å². The number of hydrogen-bond acceptors (Lipinski definition) is 5. The summed E-state index contributed by atoms with van der Waals surface area (Å²) in [5.41, 5.74) is 1.01. The van der Waals surface area contributed by atoms with Gasteiger partial charge in [0.1, 0.15) is 0 Å². The smallest absolute Gasteiger partial charge is 0.475 e. The Morgan fingerprint density at radius 2 is 1.48 bits per heavy atom. The second kappa shape index (κ2) is 13.5. The lowest BCUT2D eigenvalue weighted by molar-refractivity contribution is -0.193. The molecule has 1 amide bonds. The van der Waals surface area contributed by atoms with Gasteiger partial charge in [-0.3, -0.25) is 9.48 Å². The first-order chi connectivity index (χ1) is 13.9. The molecule has 1 aromatic rings. The number of aryl methyl sites for hydroxylation is 1. The lowest BCUT2D eigenvalue weighted by Crippen LogP contribution is -2.43. The Morgan fingerprint density at radius 3 is 1.74 bits per heavy atom. The molecule has 4 N–H and O–H groups in total. The molecule has 0 aliphatic carbocycles. The van der Waals surface area contributed by atoms with E-state index in [0.29, 0.717) is 12.5 Å². The van der Waals surface area contributed by atoms with Gasteiger partial charge in [-0.05, 0) is 19.4 Å². The van der Waals surface area contributed by atoms with Crippen molar-refractivity contribution in [3.63, 3.8) is 0 Å². The molecule has 9 nitrogen and oxygen atoms in total. The molecule has 0 aromatic carbocycles. The third-order valence-corrected chi connectivity index (χ3v) is 3.08. The number of hydrogen-bond donors (Lipinski definition) is 4. The summed E-state index contributed by atoms with van der Waals surface area (Å²) in [6.45, 7) is 4.75. The van der Waals surface area contributed by atoms with Gasteiger partial charge in [0, 0.05) is 25.4 Å². The number of alkyl halides is 6. The minimum atomic E-state index is -5.08. The maximum absolute atomic E-state index is 11.9. The lowest BCUT2D eigenvalue weighted by atomic mass is 10.0. The maximum atomic E-state index is 11.9. The molecule has 0 fully saturated rings. The number of nitrogens with zero attached hydrogens (tertiary/aromatic N) is 2. The molecule has 0 bridgehead atoms. The van der Waals surface area contributed by atoms with E-state index >= 15 is 0 Å². The van der Waals surface area contributed by atoms with Crippen LogP contribution in [0, 0.1) is 5.92 Å². The Bertz CT molecular complexity index is 679. The summed E-state index contributed by atoms with van der Waals surface area (Å²) < 4.78 is 65.2. The molecular weight excluding hydrogens is 442 g/mol. The number of likely N-dealkylation sites (N-methyl/N-ethyl adjacent to an activating group) is 1. The second-order valence-electron chi connectivity index (χ2n) is 6.32. The Labute approximate surface area is 173 Å². The monoisotopic (exact) mass is 466 g/mol. The average Bonchev–Trinajstić information content (AvgIpc) is 3.02. The molecule has 1 unspecified atom stereocenters. The number of carbonyl (C=O) groups is 3. The highest BCUT2D eigenvalue weighted by Crippen LogP contribution is 2.13. The largest absolute Gasteiger partial charge is 0.490 e. The van der Waals surface area contributed by atoms with Crippen molar-refractivity contribution in [1.82, 2.24) is 20.4 Å². The van der Waals surface area contributed by atoms with Crippen molar-refractivity contribution in [3.8, 4) is 0 Å². The summed E-state index contributed by atoms with van der Waals surface area (Å²) in [5, 5.41) is 24.3. The molecule has 0 radical (unpaired) electrons. The minimum absolute atomic E-state index is 0.0463. The number of carboxylic acids is 2. The van der Waals surface area contributed by atoms with E-state index in [9.17, 15) is 31.1 Å². The molecule has 0 aliphatic heterocycles. The summed E-state index contributed by atoms with van der Waals surface area (Å²) in [4.78, 5) is 29.7. The molecule has 31 heavy (non-hydrogen) atoms. The minimum Gasteiger partial charge on any atom is -0.475 e. The van der Waals surface area contributed by atoms with Crippen molar-refractivity contribution in [2.75, 3.05) is 7.05 Å².